The van der Waals surface area contributed by atoms with Crippen LogP contribution in [0.5, 0.6) is 0 Å². The average molecular weight is 286 g/mol. The highest BCUT2D eigenvalue weighted by atomic mass is 32.2. The normalized spacial score (nSPS) is 30.6. The molecular weight excluding hydrogens is 260 g/mol. The maximum absolute atomic E-state index is 12.4. The number of hydrogen-bond donors (Lipinski definition) is 0. The number of carbonyl (C=O) groups is 1. The van der Waals surface area contributed by atoms with Gasteiger partial charge < -0.3 is 9.47 Å². The molecule has 0 aromatic heterocycles. The molecule has 2 aliphatic heterocycles. The maximum atomic E-state index is 12.4. The molecule has 2 fully saturated rings. The van der Waals surface area contributed by atoms with Gasteiger partial charge in [-0.2, -0.15) is 11.8 Å². The van der Waals surface area contributed by atoms with E-state index in [1.54, 1.807) is 0 Å². The van der Waals surface area contributed by atoms with Crippen LogP contribution in [-0.2, 0) is 14.3 Å². The van der Waals surface area contributed by atoms with Crippen molar-refractivity contribution in [2.45, 2.75) is 69.2 Å². The first-order valence-electron chi connectivity index (χ1n) is 7.64. The molecule has 0 saturated carbocycles. The van der Waals surface area contributed by atoms with E-state index in [9.17, 15) is 4.79 Å². The summed E-state index contributed by atoms with van der Waals surface area (Å²) in [6.07, 6.45) is 6.18. The van der Waals surface area contributed by atoms with Crippen molar-refractivity contribution >= 4 is 17.5 Å². The Kier molecular flexibility index (Phi) is 6.17. The molecule has 110 valence electrons. The summed E-state index contributed by atoms with van der Waals surface area (Å²) in [5, 5.41) is 1.44. The quantitative estimate of drug-likeness (QED) is 0.672. The number of hydrogen-bond acceptors (Lipinski definition) is 4. The van der Waals surface area contributed by atoms with Crippen molar-refractivity contribution in [2.24, 2.45) is 5.92 Å². The van der Waals surface area contributed by atoms with Gasteiger partial charge in [0.2, 0.25) is 0 Å². The second-order valence-electron chi connectivity index (χ2n) is 5.49. The van der Waals surface area contributed by atoms with Crippen LogP contribution in [0.3, 0.4) is 0 Å². The van der Waals surface area contributed by atoms with Crippen LogP contribution in [0.15, 0.2) is 0 Å². The van der Waals surface area contributed by atoms with Gasteiger partial charge in [0.25, 0.3) is 0 Å². The van der Waals surface area contributed by atoms with Gasteiger partial charge in [0.15, 0.2) is 6.29 Å². The summed E-state index contributed by atoms with van der Waals surface area (Å²) in [6, 6.07) is 0. The smallest absolute Gasteiger partial charge is 0.164 e. The van der Waals surface area contributed by atoms with E-state index in [1.165, 1.54) is 19.3 Å². The van der Waals surface area contributed by atoms with Gasteiger partial charge in [0.1, 0.15) is 5.78 Å². The fraction of sp³-hybridized carbons (Fsp3) is 0.933. The molecule has 2 atom stereocenters. The highest BCUT2D eigenvalue weighted by Crippen LogP contribution is 2.44. The number of carbonyl (C=O) groups excluding carboxylic acids is 1. The minimum Gasteiger partial charge on any atom is -0.352 e. The number of ether oxygens (including phenoxy) is 2. The van der Waals surface area contributed by atoms with E-state index in [4.69, 9.17) is 9.47 Å². The third-order valence-electron chi connectivity index (χ3n) is 4.06. The summed E-state index contributed by atoms with van der Waals surface area (Å²) in [7, 11) is 0. The summed E-state index contributed by atoms with van der Waals surface area (Å²) < 4.78 is 11.0. The molecule has 2 bridgehead atoms. The van der Waals surface area contributed by atoms with Crippen molar-refractivity contribution in [1.29, 1.82) is 0 Å². The minimum absolute atomic E-state index is 0.250. The van der Waals surface area contributed by atoms with Gasteiger partial charge in [-0.1, -0.05) is 6.42 Å². The Morgan fingerprint density at radius 3 is 2.26 bits per heavy atom. The van der Waals surface area contributed by atoms with Crippen LogP contribution in [0.2, 0.25) is 0 Å². The average Bonchev–Trinajstić information content (AvgIpc) is 2.38. The third-order valence-corrected chi connectivity index (χ3v) is 5.69. The second-order valence-corrected chi connectivity index (χ2v) is 7.10. The summed E-state index contributed by atoms with van der Waals surface area (Å²) >= 11 is 2.12. The van der Waals surface area contributed by atoms with Crippen molar-refractivity contribution in [3.8, 4) is 0 Å². The zero-order valence-electron chi connectivity index (χ0n) is 12.1. The molecule has 0 spiro atoms. The van der Waals surface area contributed by atoms with Gasteiger partial charge in [-0.3, -0.25) is 4.79 Å². The van der Waals surface area contributed by atoms with Gasteiger partial charge in [0, 0.05) is 29.6 Å². The van der Waals surface area contributed by atoms with E-state index in [-0.39, 0.29) is 12.2 Å². The van der Waals surface area contributed by atoms with Crippen LogP contribution in [0.4, 0.5) is 0 Å². The second kappa shape index (κ2) is 7.65. The predicted octanol–water partition coefficient (Wildman–Crippen LogP) is 3.41. The molecule has 0 radical (unpaired) electrons. The van der Waals surface area contributed by atoms with E-state index in [2.05, 4.69) is 11.8 Å². The maximum Gasteiger partial charge on any atom is 0.164 e. The van der Waals surface area contributed by atoms with Crippen molar-refractivity contribution < 1.29 is 14.3 Å². The number of Topliss-reactive ketones (excluding diaryl/α,β-unsaturated/α-hetero) is 1. The van der Waals surface area contributed by atoms with E-state index in [0.29, 0.717) is 25.4 Å². The number of fused-ring (bicyclic) bond motifs is 2. The van der Waals surface area contributed by atoms with Crippen LogP contribution >= 0.6 is 11.8 Å². The molecule has 19 heavy (non-hydrogen) atoms. The Hall–Kier alpha value is -0.0600. The van der Waals surface area contributed by atoms with Gasteiger partial charge >= 0.3 is 0 Å². The molecule has 2 unspecified atom stereocenters. The summed E-state index contributed by atoms with van der Waals surface area (Å²) in [5.74, 6) is 0.601. The fourth-order valence-electron chi connectivity index (χ4n) is 3.19. The van der Waals surface area contributed by atoms with Crippen molar-refractivity contribution in [1.82, 2.24) is 0 Å². The summed E-state index contributed by atoms with van der Waals surface area (Å²) in [4.78, 5) is 12.4. The van der Waals surface area contributed by atoms with E-state index >= 15 is 0 Å². The monoisotopic (exact) mass is 286 g/mol. The van der Waals surface area contributed by atoms with Crippen LogP contribution in [0, 0.1) is 5.92 Å². The predicted molar refractivity (Wildman–Crippen MR) is 78.4 cm³/mol. The molecular formula is C15H26O3S. The highest BCUT2D eigenvalue weighted by molar-refractivity contribution is 8.00. The Balaban J connectivity index is 1.84. The van der Waals surface area contributed by atoms with E-state index in [0.717, 1.165) is 23.3 Å². The van der Waals surface area contributed by atoms with Gasteiger partial charge in [-0.25, -0.2) is 0 Å². The lowest BCUT2D eigenvalue weighted by Gasteiger charge is -2.38. The molecule has 2 rings (SSSR count). The summed E-state index contributed by atoms with van der Waals surface area (Å²) in [6.45, 7) is 5.09. The number of ketones is 1. The molecule has 4 heteroatoms. The molecule has 3 nitrogen and oxygen atoms in total. The van der Waals surface area contributed by atoms with Gasteiger partial charge in [-0.05, 0) is 39.5 Å². The largest absolute Gasteiger partial charge is 0.352 e. The first kappa shape index (κ1) is 15.3. The van der Waals surface area contributed by atoms with Crippen LogP contribution in [0.25, 0.3) is 0 Å². The zero-order chi connectivity index (χ0) is 13.7. The molecule has 2 heterocycles. The topological polar surface area (TPSA) is 35.5 Å². The standard InChI is InChI=1S/C15H26O3S/c1-3-17-15(18-4-2)10-14(16)11-8-12-6-5-7-13(9-11)19-12/h11-13,15H,3-10H2,1-2H3. The van der Waals surface area contributed by atoms with Crippen molar-refractivity contribution in [3.63, 3.8) is 0 Å². The SMILES string of the molecule is CCOC(CC(=O)C1CC2CCCC(C1)S2)OCC. The van der Waals surface area contributed by atoms with Gasteiger partial charge in [0.05, 0.1) is 6.42 Å². The Morgan fingerprint density at radius 1 is 1.16 bits per heavy atom. The molecule has 2 aliphatic rings. The fourth-order valence-corrected chi connectivity index (χ4v) is 5.03. The highest BCUT2D eigenvalue weighted by Gasteiger charge is 2.36. The lowest BCUT2D eigenvalue weighted by molar-refractivity contribution is -0.154. The van der Waals surface area contributed by atoms with Crippen LogP contribution < -0.4 is 0 Å². The van der Waals surface area contributed by atoms with Crippen LogP contribution in [0.1, 0.15) is 52.4 Å². The molecule has 2 saturated heterocycles. The minimum atomic E-state index is -0.336. The molecule has 0 aliphatic carbocycles. The summed E-state index contributed by atoms with van der Waals surface area (Å²) in [5.41, 5.74) is 0. The molecule has 0 amide bonds. The zero-order valence-corrected chi connectivity index (χ0v) is 12.9. The molecule has 0 aromatic rings. The lowest BCUT2D eigenvalue weighted by atomic mass is 9.85. The van der Waals surface area contributed by atoms with Crippen LogP contribution in [-0.4, -0.2) is 35.8 Å². The van der Waals surface area contributed by atoms with Gasteiger partial charge in [-0.15, -0.1) is 0 Å². The first-order valence-corrected chi connectivity index (χ1v) is 8.58. The Labute approximate surface area is 120 Å². The van der Waals surface area contributed by atoms with Crippen molar-refractivity contribution in [2.75, 3.05) is 13.2 Å². The third kappa shape index (κ3) is 4.47. The number of rotatable bonds is 7. The Morgan fingerprint density at radius 2 is 1.74 bits per heavy atom. The first-order chi connectivity index (χ1) is 9.22. The Bertz CT molecular complexity index is 277. The van der Waals surface area contributed by atoms with E-state index < -0.39 is 0 Å². The molecule has 0 aromatic carbocycles. The molecule has 0 N–H and O–H groups in total. The number of thioether (sulfide) groups is 1. The van der Waals surface area contributed by atoms with E-state index in [1.807, 2.05) is 13.8 Å². The lowest BCUT2D eigenvalue weighted by Crippen LogP contribution is -2.34. The van der Waals surface area contributed by atoms with Crippen molar-refractivity contribution in [3.05, 3.63) is 0 Å².